The molecular weight excluding hydrogens is 352 g/mol. The van der Waals surface area contributed by atoms with Gasteiger partial charge in [-0.3, -0.25) is 4.79 Å². The van der Waals surface area contributed by atoms with E-state index in [1.165, 1.54) is 11.3 Å². The SMILES string of the molecule is Cc1cc(NC(=O)CCN2CCCc3ccccc32)ccc1Br. The lowest BCUT2D eigenvalue weighted by Gasteiger charge is -2.31. The number of carbonyl (C=O) groups is 1. The summed E-state index contributed by atoms with van der Waals surface area (Å²) in [5, 5.41) is 2.99. The van der Waals surface area contributed by atoms with Gasteiger partial charge in [0.1, 0.15) is 0 Å². The number of hydrogen-bond acceptors (Lipinski definition) is 2. The molecule has 0 saturated heterocycles. The molecule has 0 aliphatic carbocycles. The van der Waals surface area contributed by atoms with Crippen molar-refractivity contribution in [2.45, 2.75) is 26.2 Å². The molecule has 3 rings (SSSR count). The molecule has 0 aromatic heterocycles. The Morgan fingerprint density at radius 3 is 2.91 bits per heavy atom. The molecule has 1 heterocycles. The second kappa shape index (κ2) is 7.18. The van der Waals surface area contributed by atoms with Crippen LogP contribution in [0.3, 0.4) is 0 Å². The molecule has 1 aliphatic rings. The lowest BCUT2D eigenvalue weighted by atomic mass is 10.0. The van der Waals surface area contributed by atoms with Gasteiger partial charge in [0.25, 0.3) is 0 Å². The maximum absolute atomic E-state index is 12.2. The smallest absolute Gasteiger partial charge is 0.226 e. The fourth-order valence-electron chi connectivity index (χ4n) is 3.03. The van der Waals surface area contributed by atoms with Crippen LogP contribution in [0.25, 0.3) is 0 Å². The zero-order valence-corrected chi connectivity index (χ0v) is 14.9. The van der Waals surface area contributed by atoms with Crippen LogP contribution in [0, 0.1) is 6.92 Å². The van der Waals surface area contributed by atoms with Gasteiger partial charge in [-0.2, -0.15) is 0 Å². The minimum atomic E-state index is 0.0646. The molecule has 0 spiro atoms. The van der Waals surface area contributed by atoms with E-state index in [4.69, 9.17) is 0 Å². The van der Waals surface area contributed by atoms with E-state index >= 15 is 0 Å². The van der Waals surface area contributed by atoms with Gasteiger partial charge < -0.3 is 10.2 Å². The average molecular weight is 373 g/mol. The number of aryl methyl sites for hydroxylation is 2. The minimum absolute atomic E-state index is 0.0646. The number of amides is 1. The molecule has 2 aromatic carbocycles. The minimum Gasteiger partial charge on any atom is -0.371 e. The fraction of sp³-hybridized carbons (Fsp3) is 0.316. The van der Waals surface area contributed by atoms with E-state index in [-0.39, 0.29) is 5.91 Å². The fourth-order valence-corrected chi connectivity index (χ4v) is 3.27. The van der Waals surface area contributed by atoms with Crippen LogP contribution in [0.15, 0.2) is 46.9 Å². The zero-order valence-electron chi connectivity index (χ0n) is 13.3. The summed E-state index contributed by atoms with van der Waals surface area (Å²) in [6, 6.07) is 14.4. The van der Waals surface area contributed by atoms with E-state index in [1.54, 1.807) is 0 Å². The van der Waals surface area contributed by atoms with E-state index in [1.807, 2.05) is 25.1 Å². The highest BCUT2D eigenvalue weighted by molar-refractivity contribution is 9.10. The van der Waals surface area contributed by atoms with Gasteiger partial charge in [0, 0.05) is 35.4 Å². The molecule has 1 aliphatic heterocycles. The Kier molecular flexibility index (Phi) is 5.01. The Morgan fingerprint density at radius 1 is 1.26 bits per heavy atom. The van der Waals surface area contributed by atoms with Gasteiger partial charge >= 0.3 is 0 Å². The second-order valence-corrected chi connectivity index (χ2v) is 6.84. The number of nitrogens with one attached hydrogen (secondary N) is 1. The Morgan fingerprint density at radius 2 is 2.09 bits per heavy atom. The molecule has 1 N–H and O–H groups in total. The van der Waals surface area contributed by atoms with Gasteiger partial charge in [0.2, 0.25) is 5.91 Å². The number of carbonyl (C=O) groups excluding carboxylic acids is 1. The third-order valence-electron chi connectivity index (χ3n) is 4.26. The van der Waals surface area contributed by atoms with Gasteiger partial charge in [-0.1, -0.05) is 34.1 Å². The molecule has 0 atom stereocenters. The van der Waals surface area contributed by atoms with E-state index in [9.17, 15) is 4.79 Å². The molecule has 0 radical (unpaired) electrons. The van der Waals surface area contributed by atoms with Crippen LogP contribution in [0.2, 0.25) is 0 Å². The summed E-state index contributed by atoms with van der Waals surface area (Å²) in [5.74, 6) is 0.0646. The van der Waals surface area contributed by atoms with Gasteiger partial charge in [0.15, 0.2) is 0 Å². The average Bonchev–Trinajstić information content (AvgIpc) is 2.56. The first-order chi connectivity index (χ1) is 11.1. The van der Waals surface area contributed by atoms with Gasteiger partial charge in [-0.05, 0) is 55.2 Å². The van der Waals surface area contributed by atoms with Crippen molar-refractivity contribution >= 4 is 33.2 Å². The van der Waals surface area contributed by atoms with E-state index in [0.29, 0.717) is 6.42 Å². The molecule has 3 nitrogen and oxygen atoms in total. The lowest BCUT2D eigenvalue weighted by Crippen LogP contribution is -2.32. The zero-order chi connectivity index (χ0) is 16.2. The molecule has 23 heavy (non-hydrogen) atoms. The standard InChI is InChI=1S/C19H21BrN2O/c1-14-13-16(8-9-17(14)20)21-19(23)10-12-22-11-4-6-15-5-2-3-7-18(15)22/h2-3,5,7-9,13H,4,6,10-12H2,1H3,(H,21,23). The van der Waals surface area contributed by atoms with Crippen molar-refractivity contribution in [1.29, 1.82) is 0 Å². The first-order valence-electron chi connectivity index (χ1n) is 8.02. The van der Waals surface area contributed by atoms with Crippen LogP contribution in [-0.2, 0) is 11.2 Å². The Bertz CT molecular complexity index is 714. The number of hydrogen-bond donors (Lipinski definition) is 1. The first kappa shape index (κ1) is 16.1. The summed E-state index contributed by atoms with van der Waals surface area (Å²) in [6.07, 6.45) is 2.80. The monoisotopic (exact) mass is 372 g/mol. The summed E-state index contributed by atoms with van der Waals surface area (Å²) in [6.45, 7) is 3.81. The quantitative estimate of drug-likeness (QED) is 0.854. The van der Waals surface area contributed by atoms with Crippen LogP contribution in [0.1, 0.15) is 24.0 Å². The summed E-state index contributed by atoms with van der Waals surface area (Å²) in [4.78, 5) is 14.5. The third-order valence-corrected chi connectivity index (χ3v) is 5.15. The van der Waals surface area contributed by atoms with Crippen LogP contribution in [0.4, 0.5) is 11.4 Å². The van der Waals surface area contributed by atoms with Crippen molar-refractivity contribution in [2.24, 2.45) is 0 Å². The summed E-state index contributed by atoms with van der Waals surface area (Å²) < 4.78 is 1.06. The lowest BCUT2D eigenvalue weighted by molar-refractivity contribution is -0.116. The topological polar surface area (TPSA) is 32.3 Å². The third kappa shape index (κ3) is 3.94. The highest BCUT2D eigenvalue weighted by Crippen LogP contribution is 2.26. The number of rotatable bonds is 4. The maximum atomic E-state index is 12.2. The number of fused-ring (bicyclic) bond motifs is 1. The van der Waals surface area contributed by atoms with Crippen LogP contribution >= 0.6 is 15.9 Å². The molecule has 0 bridgehead atoms. The van der Waals surface area contributed by atoms with E-state index in [0.717, 1.165) is 41.7 Å². The molecule has 2 aromatic rings. The number of halogens is 1. The van der Waals surface area contributed by atoms with Gasteiger partial charge in [-0.25, -0.2) is 0 Å². The van der Waals surface area contributed by atoms with Crippen molar-refractivity contribution in [3.63, 3.8) is 0 Å². The van der Waals surface area contributed by atoms with Crippen molar-refractivity contribution in [2.75, 3.05) is 23.3 Å². The largest absolute Gasteiger partial charge is 0.371 e. The Labute approximate surface area is 145 Å². The molecule has 1 amide bonds. The number of anilines is 2. The summed E-state index contributed by atoms with van der Waals surface area (Å²) >= 11 is 3.47. The molecule has 4 heteroatoms. The predicted octanol–water partition coefficient (Wildman–Crippen LogP) is 4.54. The Hall–Kier alpha value is -1.81. The maximum Gasteiger partial charge on any atom is 0.226 e. The van der Waals surface area contributed by atoms with Crippen LogP contribution in [0.5, 0.6) is 0 Å². The Balaban J connectivity index is 1.58. The summed E-state index contributed by atoms with van der Waals surface area (Å²) in [5.41, 5.74) is 4.65. The second-order valence-electron chi connectivity index (χ2n) is 5.98. The van der Waals surface area contributed by atoms with Crippen molar-refractivity contribution in [1.82, 2.24) is 0 Å². The van der Waals surface area contributed by atoms with Gasteiger partial charge in [0.05, 0.1) is 0 Å². The number of benzene rings is 2. The van der Waals surface area contributed by atoms with E-state index < -0.39 is 0 Å². The van der Waals surface area contributed by atoms with Crippen molar-refractivity contribution in [3.05, 3.63) is 58.1 Å². The molecular formula is C19H21BrN2O. The molecule has 0 unspecified atom stereocenters. The first-order valence-corrected chi connectivity index (χ1v) is 8.81. The number of nitrogens with zero attached hydrogens (tertiary/aromatic N) is 1. The van der Waals surface area contributed by atoms with Crippen LogP contribution < -0.4 is 10.2 Å². The normalized spacial score (nSPS) is 13.6. The van der Waals surface area contributed by atoms with Crippen molar-refractivity contribution in [3.8, 4) is 0 Å². The predicted molar refractivity (Wildman–Crippen MR) is 99.1 cm³/mol. The van der Waals surface area contributed by atoms with Crippen molar-refractivity contribution < 1.29 is 4.79 Å². The van der Waals surface area contributed by atoms with Gasteiger partial charge in [-0.15, -0.1) is 0 Å². The van der Waals surface area contributed by atoms with E-state index in [2.05, 4.69) is 50.4 Å². The molecule has 120 valence electrons. The highest BCUT2D eigenvalue weighted by Gasteiger charge is 2.16. The highest BCUT2D eigenvalue weighted by atomic mass is 79.9. The number of para-hydroxylation sites is 1. The molecule has 0 fully saturated rings. The summed E-state index contributed by atoms with van der Waals surface area (Å²) in [7, 11) is 0. The molecule has 0 saturated carbocycles. The van der Waals surface area contributed by atoms with Crippen LogP contribution in [-0.4, -0.2) is 19.0 Å².